The summed E-state index contributed by atoms with van der Waals surface area (Å²) >= 11 is 0. The third kappa shape index (κ3) is 3.57. The van der Waals surface area contributed by atoms with Gasteiger partial charge in [-0.05, 0) is 37.3 Å². The molecular formula is C20H25NO. The fourth-order valence-electron chi connectivity index (χ4n) is 3.62. The van der Waals surface area contributed by atoms with E-state index >= 15 is 0 Å². The third-order valence-electron chi connectivity index (χ3n) is 4.78. The average Bonchev–Trinajstić information content (AvgIpc) is 2.88. The highest BCUT2D eigenvalue weighted by Gasteiger charge is 2.40. The van der Waals surface area contributed by atoms with Crippen LogP contribution in [0.1, 0.15) is 37.3 Å². The van der Waals surface area contributed by atoms with Crippen LogP contribution in [0.15, 0.2) is 60.7 Å². The van der Waals surface area contributed by atoms with Gasteiger partial charge in [0.1, 0.15) is 0 Å². The average molecular weight is 295 g/mol. The van der Waals surface area contributed by atoms with E-state index < -0.39 is 5.60 Å². The van der Waals surface area contributed by atoms with E-state index in [1.807, 2.05) is 6.92 Å². The summed E-state index contributed by atoms with van der Waals surface area (Å²) in [7, 11) is 0. The molecule has 116 valence electrons. The molecule has 1 N–H and O–H groups in total. The molecule has 1 aliphatic carbocycles. The van der Waals surface area contributed by atoms with E-state index in [1.165, 1.54) is 11.1 Å². The monoisotopic (exact) mass is 295 g/mol. The SMILES string of the molecule is CC1(O)CCCC1N(Cc1ccccc1)Cc1ccccc1. The maximum Gasteiger partial charge on any atom is 0.0774 e. The number of benzene rings is 2. The summed E-state index contributed by atoms with van der Waals surface area (Å²) in [5.74, 6) is 0. The summed E-state index contributed by atoms with van der Waals surface area (Å²) in [6.45, 7) is 3.76. The number of nitrogens with zero attached hydrogens (tertiary/aromatic N) is 1. The quantitative estimate of drug-likeness (QED) is 0.901. The second-order valence-electron chi connectivity index (χ2n) is 6.64. The number of hydrogen-bond acceptors (Lipinski definition) is 2. The van der Waals surface area contributed by atoms with Gasteiger partial charge in [-0.25, -0.2) is 0 Å². The topological polar surface area (TPSA) is 23.5 Å². The minimum Gasteiger partial charge on any atom is -0.389 e. The van der Waals surface area contributed by atoms with E-state index in [-0.39, 0.29) is 6.04 Å². The van der Waals surface area contributed by atoms with Crippen LogP contribution in [0.2, 0.25) is 0 Å². The van der Waals surface area contributed by atoms with Gasteiger partial charge in [0, 0.05) is 19.1 Å². The van der Waals surface area contributed by atoms with Crippen LogP contribution in [0.3, 0.4) is 0 Å². The van der Waals surface area contributed by atoms with Crippen LogP contribution in [0.4, 0.5) is 0 Å². The zero-order chi connectivity index (χ0) is 15.4. The van der Waals surface area contributed by atoms with Gasteiger partial charge in [0.2, 0.25) is 0 Å². The van der Waals surface area contributed by atoms with Crippen molar-refractivity contribution in [1.29, 1.82) is 0 Å². The largest absolute Gasteiger partial charge is 0.389 e. The van der Waals surface area contributed by atoms with E-state index in [0.717, 1.165) is 32.4 Å². The fourth-order valence-corrected chi connectivity index (χ4v) is 3.62. The summed E-state index contributed by atoms with van der Waals surface area (Å²) in [6.07, 6.45) is 3.09. The first kappa shape index (κ1) is 15.3. The highest BCUT2D eigenvalue weighted by atomic mass is 16.3. The standard InChI is InChI=1S/C20H25NO/c1-20(22)14-8-13-19(20)21(15-17-9-4-2-5-10-17)16-18-11-6-3-7-12-18/h2-7,9-12,19,22H,8,13-16H2,1H3. The normalized spacial score (nSPS) is 24.8. The first-order chi connectivity index (χ1) is 10.6. The Bertz CT molecular complexity index is 538. The molecule has 2 unspecified atom stereocenters. The van der Waals surface area contributed by atoms with Crippen molar-refractivity contribution in [3.05, 3.63) is 71.8 Å². The lowest BCUT2D eigenvalue weighted by molar-refractivity contribution is -0.0196. The van der Waals surface area contributed by atoms with Crippen molar-refractivity contribution < 1.29 is 5.11 Å². The molecule has 3 rings (SSSR count). The predicted octanol–water partition coefficient (Wildman–Crippen LogP) is 3.99. The molecule has 1 aliphatic rings. The highest BCUT2D eigenvalue weighted by Crippen LogP contribution is 2.35. The molecule has 0 saturated heterocycles. The van der Waals surface area contributed by atoms with Crippen LogP contribution in [-0.2, 0) is 13.1 Å². The van der Waals surface area contributed by atoms with Gasteiger partial charge in [0.05, 0.1) is 5.60 Å². The van der Waals surface area contributed by atoms with Gasteiger partial charge in [-0.2, -0.15) is 0 Å². The molecule has 0 aliphatic heterocycles. The fraction of sp³-hybridized carbons (Fsp3) is 0.400. The Kier molecular flexibility index (Phi) is 4.60. The van der Waals surface area contributed by atoms with E-state index in [9.17, 15) is 5.11 Å². The van der Waals surface area contributed by atoms with Crippen LogP contribution in [0.25, 0.3) is 0 Å². The molecule has 2 aromatic carbocycles. The molecule has 2 atom stereocenters. The van der Waals surface area contributed by atoms with Gasteiger partial charge in [0.15, 0.2) is 0 Å². The number of aliphatic hydroxyl groups is 1. The molecular weight excluding hydrogens is 270 g/mol. The van der Waals surface area contributed by atoms with E-state index in [0.29, 0.717) is 0 Å². The van der Waals surface area contributed by atoms with Gasteiger partial charge in [-0.3, -0.25) is 4.90 Å². The first-order valence-electron chi connectivity index (χ1n) is 8.19. The van der Waals surface area contributed by atoms with Gasteiger partial charge >= 0.3 is 0 Å². The lowest BCUT2D eigenvalue weighted by atomic mass is 9.97. The molecule has 0 amide bonds. The molecule has 2 nitrogen and oxygen atoms in total. The maximum atomic E-state index is 10.7. The second kappa shape index (κ2) is 6.64. The van der Waals surface area contributed by atoms with Crippen LogP contribution in [0, 0.1) is 0 Å². The second-order valence-corrected chi connectivity index (χ2v) is 6.64. The Morgan fingerprint density at radius 1 is 0.955 bits per heavy atom. The number of rotatable bonds is 5. The summed E-state index contributed by atoms with van der Waals surface area (Å²) < 4.78 is 0. The van der Waals surface area contributed by atoms with Crippen LogP contribution in [0.5, 0.6) is 0 Å². The van der Waals surface area contributed by atoms with E-state index in [2.05, 4.69) is 65.6 Å². The minimum atomic E-state index is -0.580. The molecule has 0 heterocycles. The van der Waals surface area contributed by atoms with Crippen molar-refractivity contribution in [2.45, 2.75) is 50.9 Å². The molecule has 22 heavy (non-hydrogen) atoms. The smallest absolute Gasteiger partial charge is 0.0774 e. The summed E-state index contributed by atoms with van der Waals surface area (Å²) in [4.78, 5) is 2.44. The third-order valence-corrected chi connectivity index (χ3v) is 4.78. The molecule has 0 aromatic heterocycles. The highest BCUT2D eigenvalue weighted by molar-refractivity contribution is 5.18. The van der Waals surface area contributed by atoms with Crippen molar-refractivity contribution in [3.8, 4) is 0 Å². The predicted molar refractivity (Wildman–Crippen MR) is 90.4 cm³/mol. The molecule has 0 bridgehead atoms. The first-order valence-corrected chi connectivity index (χ1v) is 8.19. The van der Waals surface area contributed by atoms with Gasteiger partial charge in [-0.1, -0.05) is 60.7 Å². The Labute approximate surface area is 133 Å². The van der Waals surface area contributed by atoms with Gasteiger partial charge in [0.25, 0.3) is 0 Å². The van der Waals surface area contributed by atoms with E-state index in [1.54, 1.807) is 0 Å². The van der Waals surface area contributed by atoms with Crippen molar-refractivity contribution in [3.63, 3.8) is 0 Å². The van der Waals surface area contributed by atoms with Gasteiger partial charge < -0.3 is 5.11 Å². The van der Waals surface area contributed by atoms with Crippen molar-refractivity contribution >= 4 is 0 Å². The summed E-state index contributed by atoms with van der Waals surface area (Å²) in [5, 5.41) is 10.7. The van der Waals surface area contributed by atoms with E-state index in [4.69, 9.17) is 0 Å². The molecule has 1 saturated carbocycles. The lowest BCUT2D eigenvalue weighted by Gasteiger charge is -2.36. The Morgan fingerprint density at radius 3 is 1.86 bits per heavy atom. The summed E-state index contributed by atoms with van der Waals surface area (Å²) in [6, 6.07) is 21.4. The summed E-state index contributed by atoms with van der Waals surface area (Å²) in [5.41, 5.74) is 2.03. The maximum absolute atomic E-state index is 10.7. The van der Waals surface area contributed by atoms with Crippen LogP contribution >= 0.6 is 0 Å². The van der Waals surface area contributed by atoms with Crippen molar-refractivity contribution in [1.82, 2.24) is 4.90 Å². The van der Waals surface area contributed by atoms with Gasteiger partial charge in [-0.15, -0.1) is 0 Å². The van der Waals surface area contributed by atoms with Crippen molar-refractivity contribution in [2.24, 2.45) is 0 Å². The Balaban J connectivity index is 1.82. The molecule has 2 heteroatoms. The Morgan fingerprint density at radius 2 is 1.45 bits per heavy atom. The molecule has 2 aromatic rings. The lowest BCUT2D eigenvalue weighted by Crippen LogP contribution is -2.46. The zero-order valence-electron chi connectivity index (χ0n) is 13.3. The minimum absolute atomic E-state index is 0.230. The Hall–Kier alpha value is -1.64. The van der Waals surface area contributed by atoms with Crippen LogP contribution < -0.4 is 0 Å². The number of hydrogen-bond donors (Lipinski definition) is 1. The molecule has 1 fully saturated rings. The molecule has 0 spiro atoms. The molecule has 0 radical (unpaired) electrons. The van der Waals surface area contributed by atoms with Crippen LogP contribution in [-0.4, -0.2) is 21.6 Å². The van der Waals surface area contributed by atoms with Crippen molar-refractivity contribution in [2.75, 3.05) is 0 Å². The zero-order valence-corrected chi connectivity index (χ0v) is 13.3.